The van der Waals surface area contributed by atoms with Crippen LogP contribution < -0.4 is 4.73 Å². The molecule has 192 valence electrons. The van der Waals surface area contributed by atoms with E-state index in [4.69, 9.17) is 11.6 Å². The molecule has 1 heterocycles. The summed E-state index contributed by atoms with van der Waals surface area (Å²) in [6.07, 6.45) is -7.52. The predicted octanol–water partition coefficient (Wildman–Crippen LogP) is 6.70. The Bertz CT molecular complexity index is 1240. The summed E-state index contributed by atoms with van der Waals surface area (Å²) in [6, 6.07) is 10.9. The van der Waals surface area contributed by atoms with E-state index in [0.717, 1.165) is 4.90 Å². The summed E-state index contributed by atoms with van der Waals surface area (Å²) in [7, 11) is 1.30. The van der Waals surface area contributed by atoms with Crippen molar-refractivity contribution < 1.29 is 35.9 Å². The lowest BCUT2D eigenvalue weighted by Crippen LogP contribution is -2.42. The average Bonchev–Trinajstić information content (AvgIpc) is 2.81. The van der Waals surface area contributed by atoms with Gasteiger partial charge in [0.05, 0.1) is 16.5 Å². The van der Waals surface area contributed by atoms with E-state index < -0.39 is 45.9 Å². The molecule has 1 amide bonds. The molecule has 1 atom stereocenters. The Morgan fingerprint density at radius 2 is 1.44 bits per heavy atom. The van der Waals surface area contributed by atoms with Gasteiger partial charge in [-0.15, -0.1) is 0 Å². The van der Waals surface area contributed by atoms with Gasteiger partial charge in [-0.05, 0) is 54.8 Å². The Labute approximate surface area is 208 Å². The van der Waals surface area contributed by atoms with Gasteiger partial charge in [0.15, 0.2) is 12.4 Å². The summed E-state index contributed by atoms with van der Waals surface area (Å²) < 4.78 is 80.7. The van der Waals surface area contributed by atoms with Crippen LogP contribution in [-0.4, -0.2) is 17.9 Å². The van der Waals surface area contributed by atoms with Crippen LogP contribution >= 0.6 is 11.6 Å². The van der Waals surface area contributed by atoms with Crippen molar-refractivity contribution in [3.05, 3.63) is 94.5 Å². The van der Waals surface area contributed by atoms with E-state index in [1.54, 1.807) is 30.3 Å². The second-order valence-corrected chi connectivity index (χ2v) is 9.12. The number of rotatable bonds is 5. The molecule has 0 spiro atoms. The molecule has 0 fully saturated rings. The Morgan fingerprint density at radius 1 is 0.917 bits per heavy atom. The molecule has 0 aliphatic rings. The molecule has 36 heavy (non-hydrogen) atoms. The summed E-state index contributed by atoms with van der Waals surface area (Å²) in [5.74, 6) is -0.809. The van der Waals surface area contributed by atoms with Crippen LogP contribution in [0.1, 0.15) is 41.6 Å². The van der Waals surface area contributed by atoms with E-state index in [2.05, 4.69) is 0 Å². The summed E-state index contributed by atoms with van der Waals surface area (Å²) in [5, 5.41) is 11.7. The first-order chi connectivity index (χ1) is 16.5. The molecule has 0 aliphatic carbocycles. The second-order valence-electron chi connectivity index (χ2n) is 8.71. The number of likely N-dealkylation sites (N-methyl/N-ethyl adjacent to an activating group) is 1. The largest absolute Gasteiger partial charge is 0.619 e. The van der Waals surface area contributed by atoms with Crippen molar-refractivity contribution >= 4 is 17.5 Å². The number of alkyl halides is 7. The zero-order valence-electron chi connectivity index (χ0n) is 19.3. The monoisotopic (exact) mass is 530 g/mol. The maximum Gasteiger partial charge on any atom is 0.416 e. The van der Waals surface area contributed by atoms with Gasteiger partial charge in [0.1, 0.15) is 5.50 Å². The highest BCUT2D eigenvalue weighted by Gasteiger charge is 2.41. The predicted molar refractivity (Wildman–Crippen MR) is 122 cm³/mol. The first-order valence-electron chi connectivity index (χ1n) is 10.5. The number of nitrogens with zero attached hydrogens (tertiary/aromatic N) is 2. The number of carbonyl (C=O) groups is 1. The van der Waals surface area contributed by atoms with Crippen LogP contribution in [0, 0.1) is 5.21 Å². The lowest BCUT2D eigenvalue weighted by Gasteiger charge is -2.34. The maximum atomic E-state index is 13.4. The third-order valence-corrected chi connectivity index (χ3v) is 6.34. The lowest BCUT2D eigenvalue weighted by atomic mass is 9.81. The number of aromatic nitrogens is 1. The van der Waals surface area contributed by atoms with Crippen LogP contribution in [0.3, 0.4) is 0 Å². The van der Waals surface area contributed by atoms with Crippen LogP contribution in [0.2, 0.25) is 0 Å². The molecule has 2 aromatic carbocycles. The van der Waals surface area contributed by atoms with Gasteiger partial charge >= 0.3 is 12.4 Å². The molecule has 0 bridgehead atoms. The van der Waals surface area contributed by atoms with Gasteiger partial charge in [-0.1, -0.05) is 35.9 Å². The highest BCUT2D eigenvalue weighted by molar-refractivity contribution is 6.22. The molecule has 0 saturated carbocycles. The molecule has 0 saturated heterocycles. The fraction of sp³-hybridized carbons (Fsp3) is 0.280. The first kappa shape index (κ1) is 27.3. The molecule has 4 nitrogen and oxygen atoms in total. The van der Waals surface area contributed by atoms with Crippen molar-refractivity contribution in [2.45, 2.75) is 37.1 Å². The van der Waals surface area contributed by atoms with Gasteiger partial charge in [-0.25, -0.2) is 0 Å². The fourth-order valence-electron chi connectivity index (χ4n) is 3.77. The van der Waals surface area contributed by atoms with E-state index in [0.29, 0.717) is 33.6 Å². The van der Waals surface area contributed by atoms with Crippen molar-refractivity contribution in [1.29, 1.82) is 0 Å². The molecule has 11 heteroatoms. The standard InChI is InChI=1S/C25H21ClF6N2O2/c1-23(2,16-11-17(24(27,28)29)13-18(12-16)25(30,31)32)22(35)33(3)21(26)20-9-5-4-8-19(20)15-7-6-10-34(36)14-15/h4-14,21H,1-3H3. The van der Waals surface area contributed by atoms with Crippen LogP contribution in [-0.2, 0) is 22.6 Å². The molecule has 0 N–H and O–H groups in total. The van der Waals surface area contributed by atoms with Gasteiger partial charge in [0.25, 0.3) is 0 Å². The molecule has 3 rings (SSSR count). The zero-order valence-corrected chi connectivity index (χ0v) is 20.0. The molecule has 0 aliphatic heterocycles. The molecular weight excluding hydrogens is 510 g/mol. The van der Waals surface area contributed by atoms with E-state index in [1.807, 2.05) is 0 Å². The normalized spacial score (nSPS) is 13.4. The van der Waals surface area contributed by atoms with Crippen molar-refractivity contribution in [2.75, 3.05) is 7.05 Å². The second kappa shape index (κ2) is 9.65. The van der Waals surface area contributed by atoms with Crippen LogP contribution in [0.25, 0.3) is 11.1 Å². The molecule has 0 radical (unpaired) electrons. The van der Waals surface area contributed by atoms with Crippen LogP contribution in [0.4, 0.5) is 26.3 Å². The Kier molecular flexibility index (Phi) is 7.32. The van der Waals surface area contributed by atoms with Gasteiger partial charge in [0, 0.05) is 18.7 Å². The van der Waals surface area contributed by atoms with Crippen LogP contribution in [0.5, 0.6) is 0 Å². The summed E-state index contributed by atoms with van der Waals surface area (Å²) in [6.45, 7) is 2.46. The molecular formula is C25H21ClF6N2O2. The summed E-state index contributed by atoms with van der Waals surface area (Å²) in [4.78, 5) is 14.5. The average molecular weight is 531 g/mol. The Hall–Kier alpha value is -3.27. The minimum atomic E-state index is -5.05. The number of halogens is 7. The van der Waals surface area contributed by atoms with Gasteiger partial charge in [-0.3, -0.25) is 4.79 Å². The first-order valence-corrected chi connectivity index (χ1v) is 11.0. The van der Waals surface area contributed by atoms with E-state index in [9.17, 15) is 36.3 Å². The van der Waals surface area contributed by atoms with Crippen molar-refractivity contribution in [3.63, 3.8) is 0 Å². The SMILES string of the molecule is CN(C(=O)C(C)(C)c1cc(C(F)(F)F)cc(C(F)(F)F)c1)C(Cl)c1ccccc1-c1ccc[n+]([O-])c1. The lowest BCUT2D eigenvalue weighted by molar-refractivity contribution is -0.604. The molecule has 1 unspecified atom stereocenters. The van der Waals surface area contributed by atoms with Crippen LogP contribution in [0.15, 0.2) is 67.0 Å². The number of amides is 1. The number of pyridine rings is 1. The summed E-state index contributed by atoms with van der Waals surface area (Å²) in [5.41, 5.74) is -5.01. The minimum absolute atomic E-state index is 0.0104. The summed E-state index contributed by atoms with van der Waals surface area (Å²) >= 11 is 6.61. The fourth-order valence-corrected chi connectivity index (χ4v) is 4.05. The van der Waals surface area contributed by atoms with Gasteiger partial charge in [0.2, 0.25) is 5.91 Å². The molecule has 1 aromatic heterocycles. The topological polar surface area (TPSA) is 47.2 Å². The number of carbonyl (C=O) groups excluding carboxylic acids is 1. The maximum absolute atomic E-state index is 13.4. The minimum Gasteiger partial charge on any atom is -0.619 e. The van der Waals surface area contributed by atoms with Gasteiger partial charge in [-0.2, -0.15) is 31.1 Å². The number of benzene rings is 2. The highest BCUT2D eigenvalue weighted by Crippen LogP contribution is 2.41. The third kappa shape index (κ3) is 5.59. The van der Waals surface area contributed by atoms with Gasteiger partial charge < -0.3 is 10.1 Å². The Morgan fingerprint density at radius 3 is 1.97 bits per heavy atom. The number of hydrogen-bond acceptors (Lipinski definition) is 2. The van der Waals surface area contributed by atoms with E-state index in [-0.39, 0.29) is 6.07 Å². The smallest absolute Gasteiger partial charge is 0.416 e. The van der Waals surface area contributed by atoms with Crippen molar-refractivity contribution in [1.82, 2.24) is 4.90 Å². The number of hydrogen-bond donors (Lipinski definition) is 0. The third-order valence-electron chi connectivity index (χ3n) is 5.81. The zero-order chi connectivity index (χ0) is 27.1. The Balaban J connectivity index is 2.03. The quantitative estimate of drug-likeness (QED) is 0.121. The highest BCUT2D eigenvalue weighted by atomic mass is 35.5. The van der Waals surface area contributed by atoms with Crippen molar-refractivity contribution in [2.24, 2.45) is 0 Å². The van der Waals surface area contributed by atoms with Crippen molar-refractivity contribution in [3.8, 4) is 11.1 Å². The molecule has 3 aromatic rings. The van der Waals surface area contributed by atoms with E-state index >= 15 is 0 Å². The van der Waals surface area contributed by atoms with E-state index in [1.165, 1.54) is 39.4 Å².